The third-order valence-electron chi connectivity index (χ3n) is 7.47. The first kappa shape index (κ1) is 23.1. The molecule has 0 radical (unpaired) electrons. The van der Waals surface area contributed by atoms with E-state index in [1.54, 1.807) is 16.9 Å². The lowest BCUT2D eigenvalue weighted by atomic mass is 9.49. The molecular formula is C23H33ClN4O4. The van der Waals surface area contributed by atoms with Gasteiger partial charge in [-0.05, 0) is 70.6 Å². The van der Waals surface area contributed by atoms with Gasteiger partial charge in [0, 0.05) is 10.9 Å². The van der Waals surface area contributed by atoms with E-state index >= 15 is 0 Å². The second-order valence-corrected chi connectivity index (χ2v) is 10.9. The Bertz CT molecular complexity index is 886. The number of esters is 1. The number of carbonyl (C=O) groups is 3. The first-order valence-electron chi connectivity index (χ1n) is 11.6. The molecule has 9 heteroatoms. The van der Waals surface area contributed by atoms with Gasteiger partial charge in [-0.3, -0.25) is 14.4 Å². The van der Waals surface area contributed by atoms with Crippen LogP contribution in [0.2, 0.25) is 0 Å². The third kappa shape index (κ3) is 4.51. The molecule has 176 valence electrons. The number of carbonyl (C=O) groups excluding carboxylic acids is 3. The first-order chi connectivity index (χ1) is 15.1. The normalized spacial score (nSPS) is 32.2. The van der Waals surface area contributed by atoms with Crippen LogP contribution in [0.3, 0.4) is 0 Å². The number of alkyl halides is 1. The molecule has 4 aliphatic rings. The monoisotopic (exact) mass is 464 g/mol. The van der Waals surface area contributed by atoms with Crippen LogP contribution >= 0.6 is 11.6 Å². The number of hydrogen-bond acceptors (Lipinski definition) is 5. The summed E-state index contributed by atoms with van der Waals surface area (Å²) in [6, 6.07) is 1.83. The van der Waals surface area contributed by atoms with E-state index in [4.69, 9.17) is 16.3 Å². The molecule has 0 aromatic carbocycles. The summed E-state index contributed by atoms with van der Waals surface area (Å²) in [5, 5.41) is 9.74. The minimum atomic E-state index is -0.995. The van der Waals surface area contributed by atoms with Crippen molar-refractivity contribution in [2.24, 2.45) is 17.3 Å². The van der Waals surface area contributed by atoms with Gasteiger partial charge in [0.1, 0.15) is 12.4 Å². The van der Waals surface area contributed by atoms with Crippen LogP contribution in [0.1, 0.15) is 71.8 Å². The van der Waals surface area contributed by atoms with Crippen molar-refractivity contribution in [3.63, 3.8) is 0 Å². The van der Waals surface area contributed by atoms with E-state index in [9.17, 15) is 14.4 Å². The number of aromatic nitrogens is 2. The predicted molar refractivity (Wildman–Crippen MR) is 120 cm³/mol. The molecule has 2 N–H and O–H groups in total. The van der Waals surface area contributed by atoms with Crippen molar-refractivity contribution in [3.8, 4) is 0 Å². The Hall–Kier alpha value is -2.09. The van der Waals surface area contributed by atoms with Gasteiger partial charge in [-0.2, -0.15) is 5.10 Å². The zero-order valence-corrected chi connectivity index (χ0v) is 19.8. The number of rotatable bonds is 8. The Morgan fingerprint density at radius 1 is 1.25 bits per heavy atom. The number of halogens is 1. The quantitative estimate of drug-likeness (QED) is 0.453. The minimum absolute atomic E-state index is 0.108. The highest BCUT2D eigenvalue weighted by atomic mass is 35.5. The molecule has 0 spiro atoms. The van der Waals surface area contributed by atoms with Gasteiger partial charge in [-0.1, -0.05) is 6.92 Å². The zero-order valence-electron chi connectivity index (χ0n) is 19.0. The number of nitrogens with one attached hydrogen (secondary N) is 2. The fourth-order valence-corrected chi connectivity index (χ4v) is 6.91. The lowest BCUT2D eigenvalue weighted by Crippen LogP contribution is -2.58. The predicted octanol–water partition coefficient (Wildman–Crippen LogP) is 3.42. The number of nitrogens with zero attached hydrogens (tertiary/aromatic N) is 2. The number of anilines is 1. The number of hydrogen-bond donors (Lipinski definition) is 2. The molecule has 4 atom stereocenters. The summed E-state index contributed by atoms with van der Waals surface area (Å²) in [6.07, 6.45) is 7.00. The molecule has 0 aliphatic heterocycles. The van der Waals surface area contributed by atoms with E-state index in [1.807, 2.05) is 13.8 Å². The van der Waals surface area contributed by atoms with Gasteiger partial charge < -0.3 is 15.4 Å². The molecule has 0 saturated heterocycles. The summed E-state index contributed by atoms with van der Waals surface area (Å²) >= 11 is 6.81. The van der Waals surface area contributed by atoms with E-state index in [2.05, 4.69) is 15.7 Å². The largest absolute Gasteiger partial charge is 0.451 e. The van der Waals surface area contributed by atoms with Crippen molar-refractivity contribution in [3.05, 3.63) is 12.3 Å². The molecule has 1 heterocycles. The van der Waals surface area contributed by atoms with Gasteiger partial charge in [0.05, 0.1) is 17.7 Å². The van der Waals surface area contributed by atoms with Gasteiger partial charge in [0.2, 0.25) is 5.91 Å². The number of ether oxygens (including phenoxy) is 1. The first-order valence-corrected chi connectivity index (χ1v) is 12.0. The Kier molecular flexibility index (Phi) is 6.27. The second kappa shape index (κ2) is 8.69. The van der Waals surface area contributed by atoms with Crippen molar-refractivity contribution in [1.29, 1.82) is 0 Å². The van der Waals surface area contributed by atoms with Gasteiger partial charge in [-0.25, -0.2) is 4.68 Å². The van der Waals surface area contributed by atoms with Crippen LogP contribution in [-0.4, -0.2) is 45.1 Å². The number of amides is 2. The highest BCUT2D eigenvalue weighted by molar-refractivity contribution is 6.24. The van der Waals surface area contributed by atoms with Crippen LogP contribution < -0.4 is 10.6 Å². The van der Waals surface area contributed by atoms with E-state index < -0.39 is 23.4 Å². The van der Waals surface area contributed by atoms with Crippen molar-refractivity contribution >= 4 is 35.2 Å². The van der Waals surface area contributed by atoms with E-state index in [-0.39, 0.29) is 23.4 Å². The SMILES string of the molecule is CCC(C)n1nccc1NC(=O)C(C)OC(=O)CNC(=O)C12CC3CC(CC(Cl)(C3)C1)C2. The van der Waals surface area contributed by atoms with E-state index in [0.29, 0.717) is 24.1 Å². The molecule has 32 heavy (non-hydrogen) atoms. The summed E-state index contributed by atoms with van der Waals surface area (Å²) < 4.78 is 6.98. The van der Waals surface area contributed by atoms with Crippen LogP contribution in [0, 0.1) is 17.3 Å². The molecule has 4 aliphatic carbocycles. The summed E-state index contributed by atoms with van der Waals surface area (Å²) in [4.78, 5) is 37.6. The van der Waals surface area contributed by atoms with Gasteiger partial charge in [0.25, 0.3) is 5.91 Å². The third-order valence-corrected chi connectivity index (χ3v) is 7.91. The molecule has 4 fully saturated rings. The molecule has 5 rings (SSSR count). The smallest absolute Gasteiger partial charge is 0.326 e. The summed E-state index contributed by atoms with van der Waals surface area (Å²) in [5.41, 5.74) is -0.469. The van der Waals surface area contributed by atoms with Crippen LogP contribution in [0.5, 0.6) is 0 Å². The highest BCUT2D eigenvalue weighted by Crippen LogP contribution is 2.63. The lowest BCUT2D eigenvalue weighted by Gasteiger charge is -2.59. The Morgan fingerprint density at radius 2 is 1.94 bits per heavy atom. The fourth-order valence-electron chi connectivity index (χ4n) is 6.21. The standard InChI is InChI=1S/C23H33ClN4O4/c1-4-14(2)28-18(5-6-26-28)27-20(30)15(3)32-19(29)12-25-21(31)22-8-16-7-17(9-22)11-23(24,10-16)13-22/h5-6,14-17H,4,7-13H2,1-3H3,(H,25,31)(H,27,30). The minimum Gasteiger partial charge on any atom is -0.451 e. The van der Waals surface area contributed by atoms with E-state index in [0.717, 1.165) is 38.5 Å². The zero-order chi connectivity index (χ0) is 23.1. The second-order valence-electron chi connectivity index (χ2n) is 10.1. The average molecular weight is 465 g/mol. The molecule has 1 aromatic heterocycles. The molecule has 1 aromatic rings. The summed E-state index contributed by atoms with van der Waals surface area (Å²) in [6.45, 7) is 5.29. The molecule has 4 unspecified atom stereocenters. The van der Waals surface area contributed by atoms with Crippen molar-refractivity contribution in [1.82, 2.24) is 15.1 Å². The maximum absolute atomic E-state index is 13.0. The lowest BCUT2D eigenvalue weighted by molar-refractivity contribution is -0.155. The van der Waals surface area contributed by atoms with E-state index in [1.165, 1.54) is 6.92 Å². The van der Waals surface area contributed by atoms with Gasteiger partial charge >= 0.3 is 5.97 Å². The Morgan fingerprint density at radius 3 is 2.56 bits per heavy atom. The molecular weight excluding hydrogens is 432 g/mol. The highest BCUT2D eigenvalue weighted by Gasteiger charge is 2.60. The topological polar surface area (TPSA) is 102 Å². The molecule has 4 saturated carbocycles. The molecule has 4 bridgehead atoms. The molecule has 8 nitrogen and oxygen atoms in total. The van der Waals surface area contributed by atoms with Gasteiger partial charge in [0.15, 0.2) is 6.10 Å². The average Bonchev–Trinajstić information content (AvgIpc) is 3.17. The van der Waals surface area contributed by atoms with Crippen molar-refractivity contribution in [2.75, 3.05) is 11.9 Å². The Labute approximate surface area is 193 Å². The van der Waals surface area contributed by atoms with Crippen LogP contribution in [0.15, 0.2) is 12.3 Å². The fraction of sp³-hybridized carbons (Fsp3) is 0.739. The van der Waals surface area contributed by atoms with Crippen molar-refractivity contribution in [2.45, 2.75) is 82.7 Å². The maximum atomic E-state index is 13.0. The summed E-state index contributed by atoms with van der Waals surface area (Å²) in [5.74, 6) is 0.361. The maximum Gasteiger partial charge on any atom is 0.326 e. The van der Waals surface area contributed by atoms with Crippen LogP contribution in [-0.2, 0) is 19.1 Å². The molecule has 2 amide bonds. The van der Waals surface area contributed by atoms with Crippen LogP contribution in [0.4, 0.5) is 5.82 Å². The van der Waals surface area contributed by atoms with Crippen LogP contribution in [0.25, 0.3) is 0 Å². The van der Waals surface area contributed by atoms with Gasteiger partial charge in [-0.15, -0.1) is 11.6 Å². The van der Waals surface area contributed by atoms with Crippen molar-refractivity contribution < 1.29 is 19.1 Å². The Balaban J connectivity index is 1.27. The summed E-state index contributed by atoms with van der Waals surface area (Å²) in [7, 11) is 0.